The number of ether oxygens (including phenoxy) is 1. The first-order valence-corrected chi connectivity index (χ1v) is 7.90. The number of benzene rings is 1. The number of hydrogen-bond acceptors (Lipinski definition) is 5. The Hall–Kier alpha value is -2.44. The Bertz CT molecular complexity index is 885. The molecule has 3 rings (SSSR count). The lowest BCUT2D eigenvalue weighted by Gasteiger charge is -2.08. The number of rotatable bonds is 4. The molecule has 2 heterocycles. The van der Waals surface area contributed by atoms with Gasteiger partial charge in [-0.3, -0.25) is 4.79 Å². The molecule has 1 aromatic carbocycles. The number of carbonyl (C=O) groups excluding carboxylic acids is 1. The number of thiophene rings is 1. The number of anilines is 1. The summed E-state index contributed by atoms with van der Waals surface area (Å²) in [5.41, 5.74) is 15.8. The zero-order valence-electron chi connectivity index (χ0n) is 12.9. The number of nitrogens with two attached hydrogens (primary N) is 2. The van der Waals surface area contributed by atoms with Crippen LogP contribution < -0.4 is 11.5 Å². The van der Waals surface area contributed by atoms with Crippen molar-refractivity contribution < 1.29 is 9.53 Å². The SMILES string of the molecule is COCc1cc(-c2ccc(C)cc2)nc2sc(C(N)=O)c(N)c12. The third kappa shape index (κ3) is 2.78. The fourth-order valence-electron chi connectivity index (χ4n) is 2.52. The molecule has 0 aliphatic rings. The van der Waals surface area contributed by atoms with Gasteiger partial charge in [-0.15, -0.1) is 11.3 Å². The van der Waals surface area contributed by atoms with Crippen LogP contribution in [0, 0.1) is 6.92 Å². The van der Waals surface area contributed by atoms with Gasteiger partial charge in [0.2, 0.25) is 0 Å². The van der Waals surface area contributed by atoms with Crippen LogP contribution in [0.15, 0.2) is 30.3 Å². The number of hydrogen-bond donors (Lipinski definition) is 2. The summed E-state index contributed by atoms with van der Waals surface area (Å²) < 4.78 is 5.28. The van der Waals surface area contributed by atoms with Gasteiger partial charge in [0.25, 0.3) is 5.91 Å². The monoisotopic (exact) mass is 327 g/mol. The molecule has 0 radical (unpaired) electrons. The number of carbonyl (C=O) groups is 1. The van der Waals surface area contributed by atoms with E-state index in [1.165, 1.54) is 16.9 Å². The van der Waals surface area contributed by atoms with Gasteiger partial charge in [0.15, 0.2) is 0 Å². The molecule has 3 aromatic rings. The molecule has 0 spiro atoms. The normalized spacial score (nSPS) is 11.0. The second-order valence-corrected chi connectivity index (χ2v) is 6.35. The van der Waals surface area contributed by atoms with Crippen LogP contribution in [0.1, 0.15) is 20.8 Å². The average molecular weight is 327 g/mol. The zero-order valence-corrected chi connectivity index (χ0v) is 13.7. The van der Waals surface area contributed by atoms with Crippen LogP contribution in [0.2, 0.25) is 0 Å². The Morgan fingerprint density at radius 3 is 2.61 bits per heavy atom. The Kier molecular flexibility index (Phi) is 4.02. The lowest BCUT2D eigenvalue weighted by Crippen LogP contribution is -2.10. The summed E-state index contributed by atoms with van der Waals surface area (Å²) in [7, 11) is 1.62. The number of aromatic nitrogens is 1. The lowest BCUT2D eigenvalue weighted by molar-refractivity contribution is 0.100. The fraction of sp³-hybridized carbons (Fsp3) is 0.176. The molecule has 1 amide bonds. The van der Waals surface area contributed by atoms with Crippen LogP contribution >= 0.6 is 11.3 Å². The van der Waals surface area contributed by atoms with E-state index in [0.717, 1.165) is 22.2 Å². The highest BCUT2D eigenvalue weighted by Gasteiger charge is 2.19. The highest BCUT2D eigenvalue weighted by molar-refractivity contribution is 7.21. The summed E-state index contributed by atoms with van der Waals surface area (Å²) in [5, 5.41) is 0.751. The van der Waals surface area contributed by atoms with Gasteiger partial charge in [-0.1, -0.05) is 29.8 Å². The van der Waals surface area contributed by atoms with Gasteiger partial charge in [0.1, 0.15) is 9.71 Å². The van der Waals surface area contributed by atoms with E-state index >= 15 is 0 Å². The number of nitrogens with zero attached hydrogens (tertiary/aromatic N) is 1. The molecule has 0 atom stereocenters. The van der Waals surface area contributed by atoms with Crippen LogP contribution in [-0.2, 0) is 11.3 Å². The summed E-state index contributed by atoms with van der Waals surface area (Å²) in [4.78, 5) is 17.2. The molecular weight excluding hydrogens is 310 g/mol. The lowest BCUT2D eigenvalue weighted by atomic mass is 10.1. The Morgan fingerprint density at radius 1 is 1.30 bits per heavy atom. The molecular formula is C17H17N3O2S. The molecule has 23 heavy (non-hydrogen) atoms. The van der Waals surface area contributed by atoms with E-state index in [-0.39, 0.29) is 0 Å². The number of amides is 1. The van der Waals surface area contributed by atoms with Crippen LogP contribution in [-0.4, -0.2) is 18.0 Å². The fourth-order valence-corrected chi connectivity index (χ4v) is 3.52. The van der Waals surface area contributed by atoms with Crippen LogP contribution in [0.25, 0.3) is 21.5 Å². The van der Waals surface area contributed by atoms with Gasteiger partial charge < -0.3 is 16.2 Å². The molecule has 6 heteroatoms. The molecule has 0 saturated carbocycles. The van der Waals surface area contributed by atoms with Crippen molar-refractivity contribution >= 4 is 33.1 Å². The standard InChI is InChI=1S/C17H17N3O2S/c1-9-3-5-10(6-4-9)12-7-11(8-22-2)13-14(18)15(16(19)21)23-17(13)20-12/h3-7H,8,18H2,1-2H3,(H2,19,21). The van der Waals surface area contributed by atoms with E-state index in [2.05, 4.69) is 4.98 Å². The number of nitrogen functional groups attached to an aromatic ring is 1. The summed E-state index contributed by atoms with van der Waals surface area (Å²) in [6.07, 6.45) is 0. The molecule has 2 aromatic heterocycles. The maximum atomic E-state index is 11.5. The molecule has 0 bridgehead atoms. The van der Waals surface area contributed by atoms with Crippen molar-refractivity contribution in [3.63, 3.8) is 0 Å². The van der Waals surface area contributed by atoms with Crippen LogP contribution in [0.3, 0.4) is 0 Å². The van der Waals surface area contributed by atoms with Gasteiger partial charge in [-0.05, 0) is 18.6 Å². The first-order chi connectivity index (χ1) is 11.0. The Balaban J connectivity index is 2.25. The van der Waals surface area contributed by atoms with Crippen molar-refractivity contribution in [2.24, 2.45) is 5.73 Å². The highest BCUT2D eigenvalue weighted by atomic mass is 32.1. The first kappa shape index (κ1) is 15.5. The third-order valence-electron chi connectivity index (χ3n) is 3.65. The number of pyridine rings is 1. The quantitative estimate of drug-likeness (QED) is 0.770. The maximum absolute atomic E-state index is 11.5. The van der Waals surface area contributed by atoms with Crippen molar-refractivity contribution in [1.82, 2.24) is 4.98 Å². The van der Waals surface area contributed by atoms with E-state index < -0.39 is 5.91 Å². The summed E-state index contributed by atoms with van der Waals surface area (Å²) >= 11 is 1.22. The van der Waals surface area contributed by atoms with Crippen molar-refractivity contribution in [2.45, 2.75) is 13.5 Å². The Labute approximate surface area is 137 Å². The summed E-state index contributed by atoms with van der Waals surface area (Å²) in [5.74, 6) is -0.536. The molecule has 5 nitrogen and oxygen atoms in total. The van der Waals surface area contributed by atoms with Crippen LogP contribution in [0.4, 0.5) is 5.69 Å². The van der Waals surface area contributed by atoms with E-state index in [0.29, 0.717) is 22.0 Å². The largest absolute Gasteiger partial charge is 0.397 e. The molecule has 0 fully saturated rings. The van der Waals surface area contributed by atoms with Crippen molar-refractivity contribution in [3.05, 3.63) is 46.3 Å². The zero-order chi connectivity index (χ0) is 16.6. The van der Waals surface area contributed by atoms with Crippen molar-refractivity contribution in [2.75, 3.05) is 12.8 Å². The number of fused-ring (bicyclic) bond motifs is 1. The minimum Gasteiger partial charge on any atom is -0.397 e. The molecule has 0 saturated heterocycles. The van der Waals surface area contributed by atoms with E-state index in [9.17, 15) is 4.79 Å². The van der Waals surface area contributed by atoms with Crippen LogP contribution in [0.5, 0.6) is 0 Å². The van der Waals surface area contributed by atoms with E-state index in [1.807, 2.05) is 37.3 Å². The Morgan fingerprint density at radius 2 is 2.00 bits per heavy atom. The minimum absolute atomic E-state index is 0.339. The topological polar surface area (TPSA) is 91.2 Å². The molecule has 0 aliphatic carbocycles. The molecule has 4 N–H and O–H groups in total. The number of primary amides is 1. The van der Waals surface area contributed by atoms with E-state index in [1.54, 1.807) is 7.11 Å². The van der Waals surface area contributed by atoms with E-state index in [4.69, 9.17) is 16.2 Å². The predicted octanol–water partition coefficient (Wildman–Crippen LogP) is 3.10. The third-order valence-corrected chi connectivity index (χ3v) is 4.77. The summed E-state index contributed by atoms with van der Waals surface area (Å²) in [6, 6.07) is 10.1. The van der Waals surface area contributed by atoms with Gasteiger partial charge in [-0.25, -0.2) is 4.98 Å². The van der Waals surface area contributed by atoms with Crippen molar-refractivity contribution in [3.8, 4) is 11.3 Å². The first-order valence-electron chi connectivity index (χ1n) is 7.09. The molecule has 118 valence electrons. The highest BCUT2D eigenvalue weighted by Crippen LogP contribution is 2.37. The van der Waals surface area contributed by atoms with Gasteiger partial charge in [-0.2, -0.15) is 0 Å². The second-order valence-electron chi connectivity index (χ2n) is 5.35. The van der Waals surface area contributed by atoms with Gasteiger partial charge in [0.05, 0.1) is 18.0 Å². The number of aryl methyl sites for hydroxylation is 1. The van der Waals surface area contributed by atoms with Gasteiger partial charge >= 0.3 is 0 Å². The predicted molar refractivity (Wildman–Crippen MR) is 93.4 cm³/mol. The average Bonchev–Trinajstić information content (AvgIpc) is 2.86. The maximum Gasteiger partial charge on any atom is 0.260 e. The van der Waals surface area contributed by atoms with Gasteiger partial charge in [0, 0.05) is 18.1 Å². The molecule has 0 unspecified atom stereocenters. The minimum atomic E-state index is -0.536. The summed E-state index contributed by atoms with van der Waals surface area (Å²) in [6.45, 7) is 2.42. The molecule has 0 aliphatic heterocycles. The van der Waals surface area contributed by atoms with Crippen molar-refractivity contribution in [1.29, 1.82) is 0 Å². The number of methoxy groups -OCH3 is 1. The second kappa shape index (κ2) is 5.98. The smallest absolute Gasteiger partial charge is 0.260 e.